The van der Waals surface area contributed by atoms with Crippen molar-refractivity contribution < 1.29 is 14.6 Å². The van der Waals surface area contributed by atoms with Crippen molar-refractivity contribution in [1.82, 2.24) is 9.97 Å². The SMILES string of the molecule is N#Cc1cc(-c2ccnc(Nc3ccc(N4CCOCC4)cc3)n2)ccc1OCCCO. The van der Waals surface area contributed by atoms with E-state index in [2.05, 4.69) is 38.4 Å². The first-order valence-corrected chi connectivity index (χ1v) is 10.6. The number of rotatable bonds is 8. The number of hydrogen-bond acceptors (Lipinski definition) is 8. The van der Waals surface area contributed by atoms with E-state index in [0.29, 0.717) is 36.0 Å². The summed E-state index contributed by atoms with van der Waals surface area (Å²) < 4.78 is 11.0. The van der Waals surface area contributed by atoms with Crippen LogP contribution in [0.2, 0.25) is 0 Å². The Morgan fingerprint density at radius 1 is 1.12 bits per heavy atom. The van der Waals surface area contributed by atoms with Crippen LogP contribution in [0.25, 0.3) is 11.3 Å². The molecule has 8 heteroatoms. The number of ether oxygens (including phenoxy) is 2. The zero-order chi connectivity index (χ0) is 22.2. The van der Waals surface area contributed by atoms with E-state index < -0.39 is 0 Å². The van der Waals surface area contributed by atoms with Crippen LogP contribution in [0.1, 0.15) is 12.0 Å². The Balaban J connectivity index is 1.47. The topological polar surface area (TPSA) is 104 Å². The van der Waals surface area contributed by atoms with Gasteiger partial charge in [-0.2, -0.15) is 5.26 Å². The zero-order valence-electron chi connectivity index (χ0n) is 17.7. The maximum atomic E-state index is 9.48. The number of nitrogens with zero attached hydrogens (tertiary/aromatic N) is 4. The fourth-order valence-electron chi connectivity index (χ4n) is 3.44. The second-order valence-electron chi connectivity index (χ2n) is 7.29. The minimum Gasteiger partial charge on any atom is -0.492 e. The second kappa shape index (κ2) is 10.6. The molecule has 1 saturated heterocycles. The first-order chi connectivity index (χ1) is 15.8. The molecule has 2 aromatic carbocycles. The lowest BCUT2D eigenvalue weighted by Gasteiger charge is -2.28. The van der Waals surface area contributed by atoms with Gasteiger partial charge in [-0.3, -0.25) is 0 Å². The van der Waals surface area contributed by atoms with Gasteiger partial charge in [0.05, 0.1) is 31.1 Å². The fraction of sp³-hybridized carbons (Fsp3) is 0.292. The van der Waals surface area contributed by atoms with E-state index in [9.17, 15) is 5.26 Å². The monoisotopic (exact) mass is 431 g/mol. The maximum absolute atomic E-state index is 9.48. The molecule has 1 aromatic heterocycles. The molecular weight excluding hydrogens is 406 g/mol. The first kappa shape index (κ1) is 21.6. The lowest BCUT2D eigenvalue weighted by atomic mass is 10.1. The van der Waals surface area contributed by atoms with E-state index in [1.807, 2.05) is 18.2 Å². The maximum Gasteiger partial charge on any atom is 0.227 e. The van der Waals surface area contributed by atoms with Crippen molar-refractivity contribution in [2.45, 2.75) is 6.42 Å². The number of aliphatic hydroxyl groups excluding tert-OH is 1. The Morgan fingerprint density at radius 2 is 1.94 bits per heavy atom. The Kier molecular flexibility index (Phi) is 7.12. The number of anilines is 3. The molecule has 0 spiro atoms. The summed E-state index contributed by atoms with van der Waals surface area (Å²) in [5.74, 6) is 0.973. The fourth-order valence-corrected chi connectivity index (χ4v) is 3.44. The van der Waals surface area contributed by atoms with Crippen LogP contribution in [-0.2, 0) is 4.74 Å². The average Bonchev–Trinajstić information content (AvgIpc) is 2.85. The van der Waals surface area contributed by atoms with Crippen molar-refractivity contribution in [1.29, 1.82) is 5.26 Å². The molecule has 1 fully saturated rings. The van der Waals surface area contributed by atoms with Crippen molar-refractivity contribution in [3.63, 3.8) is 0 Å². The lowest BCUT2D eigenvalue weighted by molar-refractivity contribution is 0.122. The molecule has 0 amide bonds. The van der Waals surface area contributed by atoms with E-state index in [0.717, 1.165) is 37.6 Å². The van der Waals surface area contributed by atoms with Crippen LogP contribution in [0.3, 0.4) is 0 Å². The summed E-state index contributed by atoms with van der Waals surface area (Å²) in [4.78, 5) is 11.2. The molecular formula is C24H25N5O3. The quantitative estimate of drug-likeness (QED) is 0.524. The summed E-state index contributed by atoms with van der Waals surface area (Å²) in [5, 5.41) is 21.6. The van der Waals surface area contributed by atoms with Crippen molar-refractivity contribution in [2.75, 3.05) is 49.7 Å². The van der Waals surface area contributed by atoms with Gasteiger partial charge in [0.2, 0.25) is 5.95 Å². The summed E-state index contributed by atoms with van der Waals surface area (Å²) in [6, 6.07) is 17.5. The van der Waals surface area contributed by atoms with Gasteiger partial charge in [0.25, 0.3) is 0 Å². The van der Waals surface area contributed by atoms with Crippen molar-refractivity contribution >= 4 is 17.3 Å². The van der Waals surface area contributed by atoms with Crippen LogP contribution >= 0.6 is 0 Å². The molecule has 4 rings (SSSR count). The first-order valence-electron chi connectivity index (χ1n) is 10.6. The van der Waals surface area contributed by atoms with Crippen LogP contribution in [0.15, 0.2) is 54.7 Å². The van der Waals surface area contributed by atoms with Gasteiger partial charge in [-0.1, -0.05) is 0 Å². The van der Waals surface area contributed by atoms with Gasteiger partial charge < -0.3 is 24.8 Å². The molecule has 0 bridgehead atoms. The minimum absolute atomic E-state index is 0.0482. The van der Waals surface area contributed by atoms with Crippen LogP contribution in [0.5, 0.6) is 5.75 Å². The molecule has 0 atom stereocenters. The molecule has 1 aliphatic rings. The third-order valence-electron chi connectivity index (χ3n) is 5.11. The van der Waals surface area contributed by atoms with Gasteiger partial charge in [-0.25, -0.2) is 9.97 Å². The third kappa shape index (κ3) is 5.32. The molecule has 0 unspecified atom stereocenters. The number of benzene rings is 2. The molecule has 2 N–H and O–H groups in total. The predicted octanol–water partition coefficient (Wildman–Crippen LogP) is 3.36. The molecule has 8 nitrogen and oxygen atoms in total. The Bertz CT molecular complexity index is 1080. The highest BCUT2D eigenvalue weighted by Crippen LogP contribution is 2.27. The summed E-state index contributed by atoms with van der Waals surface area (Å²) >= 11 is 0. The molecule has 0 saturated carbocycles. The number of nitriles is 1. The Labute approximate surface area is 187 Å². The summed E-state index contributed by atoms with van der Waals surface area (Å²) in [7, 11) is 0. The zero-order valence-corrected chi connectivity index (χ0v) is 17.7. The largest absolute Gasteiger partial charge is 0.492 e. The predicted molar refractivity (Wildman–Crippen MR) is 122 cm³/mol. The highest BCUT2D eigenvalue weighted by atomic mass is 16.5. The summed E-state index contributed by atoms with van der Waals surface area (Å²) in [6.45, 7) is 3.71. The van der Waals surface area contributed by atoms with E-state index in [1.165, 1.54) is 5.69 Å². The van der Waals surface area contributed by atoms with Gasteiger partial charge in [0.1, 0.15) is 11.8 Å². The number of hydrogen-bond donors (Lipinski definition) is 2. The van der Waals surface area contributed by atoms with Crippen LogP contribution in [0, 0.1) is 11.3 Å². The number of aliphatic hydroxyl groups is 1. The second-order valence-corrected chi connectivity index (χ2v) is 7.29. The molecule has 32 heavy (non-hydrogen) atoms. The highest BCUT2D eigenvalue weighted by Gasteiger charge is 2.12. The molecule has 3 aromatic rings. The standard InChI is InChI=1S/C24H25N5O3/c25-17-19-16-18(2-7-23(19)32-13-1-12-30)22-8-9-26-24(28-22)27-20-3-5-21(6-4-20)29-10-14-31-15-11-29/h2-9,16,30H,1,10-15H2,(H,26,27,28). The van der Waals surface area contributed by atoms with E-state index in [4.69, 9.17) is 14.6 Å². The number of morpholine rings is 1. The normalized spacial score (nSPS) is 13.4. The summed E-state index contributed by atoms with van der Waals surface area (Å²) in [6.07, 6.45) is 2.20. The van der Waals surface area contributed by atoms with E-state index in [-0.39, 0.29) is 6.61 Å². The number of aromatic nitrogens is 2. The summed E-state index contributed by atoms with van der Waals surface area (Å²) in [5.41, 5.74) is 3.98. The van der Waals surface area contributed by atoms with Gasteiger partial charge in [-0.05, 0) is 48.5 Å². The number of nitrogens with one attached hydrogen (secondary N) is 1. The van der Waals surface area contributed by atoms with Gasteiger partial charge in [0, 0.05) is 49.3 Å². The highest BCUT2D eigenvalue weighted by molar-refractivity contribution is 5.66. The lowest BCUT2D eigenvalue weighted by Crippen LogP contribution is -2.36. The van der Waals surface area contributed by atoms with Crippen molar-refractivity contribution in [3.05, 3.63) is 60.3 Å². The van der Waals surface area contributed by atoms with E-state index in [1.54, 1.807) is 24.4 Å². The van der Waals surface area contributed by atoms with Gasteiger partial charge in [0.15, 0.2) is 0 Å². The molecule has 0 aliphatic carbocycles. The van der Waals surface area contributed by atoms with Crippen LogP contribution < -0.4 is 15.0 Å². The molecule has 2 heterocycles. The molecule has 164 valence electrons. The average molecular weight is 431 g/mol. The Hall–Kier alpha value is -3.67. The third-order valence-corrected chi connectivity index (χ3v) is 5.11. The molecule has 1 aliphatic heterocycles. The van der Waals surface area contributed by atoms with Gasteiger partial charge in [-0.15, -0.1) is 0 Å². The van der Waals surface area contributed by atoms with Crippen LogP contribution in [0.4, 0.5) is 17.3 Å². The van der Waals surface area contributed by atoms with Gasteiger partial charge >= 0.3 is 0 Å². The van der Waals surface area contributed by atoms with E-state index >= 15 is 0 Å². The minimum atomic E-state index is 0.0482. The smallest absolute Gasteiger partial charge is 0.227 e. The van der Waals surface area contributed by atoms with Crippen molar-refractivity contribution in [3.8, 4) is 23.1 Å². The molecule has 0 radical (unpaired) electrons. The Morgan fingerprint density at radius 3 is 2.69 bits per heavy atom. The van der Waals surface area contributed by atoms with Crippen LogP contribution in [-0.4, -0.2) is 54.6 Å². The van der Waals surface area contributed by atoms with Crippen molar-refractivity contribution in [2.24, 2.45) is 0 Å².